The number of rotatable bonds is 6. The van der Waals surface area contributed by atoms with Crippen molar-refractivity contribution in [3.05, 3.63) is 107 Å². The van der Waals surface area contributed by atoms with Gasteiger partial charge in [-0.15, -0.1) is 11.8 Å². The monoisotopic (exact) mass is 429 g/mol. The number of amides is 1. The van der Waals surface area contributed by atoms with Gasteiger partial charge in [0.25, 0.3) is 0 Å². The van der Waals surface area contributed by atoms with Crippen LogP contribution in [0, 0.1) is 11.7 Å². The van der Waals surface area contributed by atoms with Crippen LogP contribution in [0.1, 0.15) is 29.2 Å². The van der Waals surface area contributed by atoms with Crippen LogP contribution in [0.2, 0.25) is 0 Å². The van der Waals surface area contributed by atoms with E-state index in [1.165, 1.54) is 17.0 Å². The van der Waals surface area contributed by atoms with Crippen LogP contribution in [0.4, 0.5) is 4.39 Å². The molecule has 0 spiro atoms. The molecule has 4 rings (SSSR count). The van der Waals surface area contributed by atoms with Crippen LogP contribution < -0.4 is 5.32 Å². The number of hydrogen-bond acceptors (Lipinski definition) is 2. The van der Waals surface area contributed by atoms with Gasteiger partial charge in [-0.25, -0.2) is 4.39 Å². The molecule has 0 fully saturated rings. The molecule has 156 valence electrons. The summed E-state index contributed by atoms with van der Waals surface area (Å²) < 4.78 is 14.1. The van der Waals surface area contributed by atoms with E-state index >= 15 is 0 Å². The van der Waals surface area contributed by atoms with Crippen LogP contribution in [-0.4, -0.2) is 12.2 Å². The molecule has 1 aliphatic rings. The van der Waals surface area contributed by atoms with Gasteiger partial charge >= 0.3 is 0 Å². The van der Waals surface area contributed by atoms with E-state index in [1.807, 2.05) is 43.3 Å². The van der Waals surface area contributed by atoms with Gasteiger partial charge in [0.15, 0.2) is 0 Å². The second-order valence-corrected chi connectivity index (χ2v) is 8.47. The molecule has 31 heavy (non-hydrogen) atoms. The van der Waals surface area contributed by atoms with Gasteiger partial charge in [-0.3, -0.25) is 4.79 Å². The zero-order valence-corrected chi connectivity index (χ0v) is 18.4. The summed E-state index contributed by atoms with van der Waals surface area (Å²) in [6.45, 7) is 2.34. The largest absolute Gasteiger partial charge is 0.352 e. The Morgan fingerprint density at radius 3 is 2.48 bits per heavy atom. The van der Waals surface area contributed by atoms with Gasteiger partial charge in [0.2, 0.25) is 5.91 Å². The normalized spacial score (nSPS) is 14.8. The van der Waals surface area contributed by atoms with E-state index in [2.05, 4.69) is 41.9 Å². The van der Waals surface area contributed by atoms with Crippen molar-refractivity contribution >= 4 is 34.9 Å². The number of carbonyl (C=O) groups is 1. The highest BCUT2D eigenvalue weighted by Crippen LogP contribution is 2.40. The van der Waals surface area contributed by atoms with Crippen molar-refractivity contribution in [3.63, 3.8) is 0 Å². The third kappa shape index (κ3) is 4.80. The molecule has 2 nitrogen and oxygen atoms in total. The molecule has 0 saturated carbocycles. The van der Waals surface area contributed by atoms with E-state index < -0.39 is 5.92 Å². The minimum atomic E-state index is -0.394. The maximum atomic E-state index is 14.1. The Morgan fingerprint density at radius 1 is 1.03 bits per heavy atom. The number of allylic oxidation sites excluding steroid dienone is 2. The average Bonchev–Trinajstić information content (AvgIpc) is 3.15. The number of hydrogen-bond donors (Lipinski definition) is 1. The molecule has 0 radical (unpaired) electrons. The lowest BCUT2D eigenvalue weighted by atomic mass is 9.94. The highest BCUT2D eigenvalue weighted by atomic mass is 32.2. The van der Waals surface area contributed by atoms with Crippen LogP contribution in [0.25, 0.3) is 17.2 Å². The molecular formula is C27H24FNOS. The zero-order valence-electron chi connectivity index (χ0n) is 17.6. The second kappa shape index (κ2) is 9.36. The van der Waals surface area contributed by atoms with E-state index in [4.69, 9.17) is 0 Å². The fraction of sp³-hybridized carbons (Fsp3) is 0.148. The number of nitrogens with one attached hydrogen (secondary N) is 1. The second-order valence-electron chi connectivity index (χ2n) is 7.59. The van der Waals surface area contributed by atoms with E-state index in [1.54, 1.807) is 17.8 Å². The first-order chi connectivity index (χ1) is 15.0. The Hall–Kier alpha value is -3.11. The van der Waals surface area contributed by atoms with Crippen molar-refractivity contribution in [3.8, 4) is 0 Å². The minimum Gasteiger partial charge on any atom is -0.352 e. The van der Waals surface area contributed by atoms with Gasteiger partial charge in [-0.1, -0.05) is 48.5 Å². The topological polar surface area (TPSA) is 29.1 Å². The standard InChI is InChI=1S/C27H24FNOS/c1-18(27(30)29-17-20-6-4-3-5-7-20)25-15-21(24-13-10-22(28)16-26(24)25)14-19-8-11-23(31-2)12-9-19/h3-16,18H,17H2,1-2H3,(H,29,30)/b21-14+. The molecule has 3 aromatic carbocycles. The van der Waals surface area contributed by atoms with Crippen molar-refractivity contribution < 1.29 is 9.18 Å². The van der Waals surface area contributed by atoms with Crippen molar-refractivity contribution in [2.75, 3.05) is 6.26 Å². The molecule has 0 saturated heterocycles. The van der Waals surface area contributed by atoms with Crippen molar-refractivity contribution in [1.82, 2.24) is 5.32 Å². The van der Waals surface area contributed by atoms with Gasteiger partial charge in [0, 0.05) is 11.4 Å². The average molecular weight is 430 g/mol. The van der Waals surface area contributed by atoms with Crippen molar-refractivity contribution in [1.29, 1.82) is 0 Å². The maximum Gasteiger partial charge on any atom is 0.227 e. The molecule has 1 amide bonds. The highest BCUT2D eigenvalue weighted by molar-refractivity contribution is 7.98. The Balaban J connectivity index is 1.61. The van der Waals surface area contributed by atoms with Crippen LogP contribution in [0.3, 0.4) is 0 Å². The summed E-state index contributed by atoms with van der Waals surface area (Å²) in [6.07, 6.45) is 6.15. The van der Waals surface area contributed by atoms with Crippen molar-refractivity contribution in [2.24, 2.45) is 5.92 Å². The summed E-state index contributed by atoms with van der Waals surface area (Å²) in [7, 11) is 0. The Labute approximate surface area is 186 Å². The zero-order chi connectivity index (χ0) is 21.8. The van der Waals surface area contributed by atoms with Gasteiger partial charge in [-0.05, 0) is 83.0 Å². The van der Waals surface area contributed by atoms with Gasteiger partial charge < -0.3 is 5.32 Å². The molecule has 1 aliphatic carbocycles. The molecular weight excluding hydrogens is 405 g/mol. The lowest BCUT2D eigenvalue weighted by Gasteiger charge is -2.15. The molecule has 3 aromatic rings. The Bertz CT molecular complexity index is 1150. The summed E-state index contributed by atoms with van der Waals surface area (Å²) >= 11 is 1.70. The minimum absolute atomic E-state index is 0.0733. The Morgan fingerprint density at radius 2 is 1.77 bits per heavy atom. The highest BCUT2D eigenvalue weighted by Gasteiger charge is 2.27. The van der Waals surface area contributed by atoms with E-state index in [0.29, 0.717) is 6.54 Å². The quantitative estimate of drug-likeness (QED) is 0.457. The first-order valence-corrected chi connectivity index (χ1v) is 11.5. The van der Waals surface area contributed by atoms with Crippen LogP contribution >= 0.6 is 11.8 Å². The molecule has 0 heterocycles. The summed E-state index contributed by atoms with van der Waals surface area (Å²) in [5, 5.41) is 3.00. The van der Waals surface area contributed by atoms with Gasteiger partial charge in [-0.2, -0.15) is 0 Å². The predicted molar refractivity (Wildman–Crippen MR) is 128 cm³/mol. The third-order valence-electron chi connectivity index (χ3n) is 5.52. The maximum absolute atomic E-state index is 14.1. The van der Waals surface area contributed by atoms with Gasteiger partial charge in [0.05, 0.1) is 5.92 Å². The van der Waals surface area contributed by atoms with E-state index in [0.717, 1.165) is 33.4 Å². The molecule has 0 aliphatic heterocycles. The predicted octanol–water partition coefficient (Wildman–Crippen LogP) is 6.44. The summed E-state index contributed by atoms with van der Waals surface area (Å²) in [4.78, 5) is 14.1. The molecule has 4 heteroatoms. The van der Waals surface area contributed by atoms with Crippen LogP contribution in [-0.2, 0) is 11.3 Å². The third-order valence-corrected chi connectivity index (χ3v) is 6.27. The van der Waals surface area contributed by atoms with Crippen LogP contribution in [0.5, 0.6) is 0 Å². The lowest BCUT2D eigenvalue weighted by Crippen LogP contribution is -2.29. The SMILES string of the molecule is CSc1ccc(/C=C2\C=C(C(C)C(=O)NCc3ccccc3)c3cc(F)ccc32)cc1. The number of fused-ring (bicyclic) bond motifs is 1. The summed E-state index contributed by atoms with van der Waals surface area (Å²) in [5.41, 5.74) is 5.69. The Kier molecular flexibility index (Phi) is 6.38. The van der Waals surface area contributed by atoms with Crippen molar-refractivity contribution in [2.45, 2.75) is 18.4 Å². The summed E-state index contributed by atoms with van der Waals surface area (Å²) in [6, 6.07) is 22.9. The van der Waals surface area contributed by atoms with Gasteiger partial charge in [0.1, 0.15) is 5.82 Å². The van der Waals surface area contributed by atoms with Crippen LogP contribution in [0.15, 0.2) is 83.8 Å². The molecule has 1 atom stereocenters. The molecule has 1 unspecified atom stereocenters. The fourth-order valence-corrected chi connectivity index (χ4v) is 4.18. The lowest BCUT2D eigenvalue weighted by molar-refractivity contribution is -0.123. The molecule has 1 N–H and O–H groups in total. The molecule has 0 aromatic heterocycles. The smallest absolute Gasteiger partial charge is 0.227 e. The fourth-order valence-electron chi connectivity index (χ4n) is 3.77. The number of benzene rings is 3. The number of carbonyl (C=O) groups excluding carboxylic acids is 1. The summed E-state index contributed by atoms with van der Waals surface area (Å²) in [5.74, 6) is -0.767. The number of halogens is 1. The number of thioether (sulfide) groups is 1. The first kappa shape index (κ1) is 21.1. The molecule has 0 bridgehead atoms. The van der Waals surface area contributed by atoms with E-state index in [-0.39, 0.29) is 11.7 Å². The first-order valence-electron chi connectivity index (χ1n) is 10.2. The van der Waals surface area contributed by atoms with E-state index in [9.17, 15) is 9.18 Å².